The van der Waals surface area contributed by atoms with Gasteiger partial charge in [0.05, 0.1) is 11.1 Å². The Kier molecular flexibility index (Phi) is 4.53. The van der Waals surface area contributed by atoms with Gasteiger partial charge in [0.15, 0.2) is 17.3 Å². The van der Waals surface area contributed by atoms with E-state index < -0.39 is 46.2 Å². The van der Waals surface area contributed by atoms with Crippen LogP contribution in [0.1, 0.15) is 50.5 Å². The van der Waals surface area contributed by atoms with Crippen LogP contribution in [0.15, 0.2) is 35.4 Å². The fraction of sp³-hybridized carbons (Fsp3) is 0.238. The molecule has 0 saturated heterocycles. The average Bonchev–Trinajstić information content (AvgIpc) is 3.49. The number of nitriles is 1. The van der Waals surface area contributed by atoms with Gasteiger partial charge in [-0.25, -0.2) is 13.8 Å². The third-order valence-corrected chi connectivity index (χ3v) is 5.08. The number of carbonyl (C=O) groups is 2. The largest absolute Gasteiger partial charge is 0.419 e. The van der Waals surface area contributed by atoms with Crippen LogP contribution in [0.25, 0.3) is 0 Å². The number of hydrogen-bond acceptors (Lipinski definition) is 4. The first-order chi connectivity index (χ1) is 14.1. The zero-order valence-corrected chi connectivity index (χ0v) is 15.1. The van der Waals surface area contributed by atoms with Crippen LogP contribution in [-0.2, 0) is 12.6 Å². The normalized spacial score (nSPS) is 16.5. The average molecular weight is 418 g/mol. The molecule has 2 aromatic rings. The SMILES string of the molecule is N#Cc1nc(CC2=C(C3CC3)C(=O)c3cc(F)cc(F)c3C2=O)ccc1C(F)(F)F. The standard InChI is InChI=1S/C21H11F5N2O2/c22-10-5-12-18(15(23)6-10)20(30)13(17(19(12)29)9-1-2-9)7-11-3-4-14(21(24,25)26)16(8-27)28-11/h3-6,9H,1-2,7H2. The van der Waals surface area contributed by atoms with Crippen molar-refractivity contribution in [3.8, 4) is 6.07 Å². The van der Waals surface area contributed by atoms with E-state index in [1.54, 1.807) is 0 Å². The van der Waals surface area contributed by atoms with Crippen molar-refractivity contribution in [3.05, 3.63) is 75.1 Å². The third-order valence-electron chi connectivity index (χ3n) is 5.08. The molecule has 2 aliphatic rings. The van der Waals surface area contributed by atoms with Crippen LogP contribution in [0.5, 0.6) is 0 Å². The highest BCUT2D eigenvalue weighted by Crippen LogP contribution is 2.44. The topological polar surface area (TPSA) is 70.8 Å². The summed E-state index contributed by atoms with van der Waals surface area (Å²) in [4.78, 5) is 29.6. The van der Waals surface area contributed by atoms with Crippen LogP contribution in [0.2, 0.25) is 0 Å². The number of carbonyl (C=O) groups excluding carboxylic acids is 2. The number of halogens is 5. The van der Waals surface area contributed by atoms with Crippen LogP contribution < -0.4 is 0 Å². The second-order valence-corrected chi connectivity index (χ2v) is 7.12. The predicted molar refractivity (Wildman–Crippen MR) is 92.4 cm³/mol. The number of allylic oxidation sites excluding steroid dienone is 2. The minimum Gasteiger partial charge on any atom is -0.289 e. The Bertz CT molecular complexity index is 1190. The lowest BCUT2D eigenvalue weighted by Gasteiger charge is -2.22. The van der Waals surface area contributed by atoms with Gasteiger partial charge in [-0.1, -0.05) is 0 Å². The number of benzene rings is 1. The van der Waals surface area contributed by atoms with Crippen molar-refractivity contribution >= 4 is 11.6 Å². The van der Waals surface area contributed by atoms with Crippen LogP contribution in [0, 0.1) is 28.9 Å². The summed E-state index contributed by atoms with van der Waals surface area (Å²) in [6.07, 6.45) is -3.92. The van der Waals surface area contributed by atoms with Gasteiger partial charge in [-0.15, -0.1) is 0 Å². The maximum absolute atomic E-state index is 14.3. The van der Waals surface area contributed by atoms with Gasteiger partial charge in [0, 0.05) is 34.9 Å². The molecule has 9 heteroatoms. The molecule has 0 radical (unpaired) electrons. The van der Waals surface area contributed by atoms with Crippen molar-refractivity contribution < 1.29 is 31.5 Å². The summed E-state index contributed by atoms with van der Waals surface area (Å²) in [6, 6.07) is 4.37. The molecule has 1 saturated carbocycles. The molecule has 1 fully saturated rings. The van der Waals surface area contributed by atoms with Crippen LogP contribution in [0.4, 0.5) is 22.0 Å². The Labute approximate surface area is 166 Å². The van der Waals surface area contributed by atoms with E-state index >= 15 is 0 Å². The van der Waals surface area contributed by atoms with Crippen molar-refractivity contribution in [2.24, 2.45) is 5.92 Å². The first-order valence-corrected chi connectivity index (χ1v) is 8.90. The number of aromatic nitrogens is 1. The molecular weight excluding hydrogens is 407 g/mol. The Morgan fingerprint density at radius 2 is 1.80 bits per heavy atom. The van der Waals surface area contributed by atoms with Gasteiger partial charge >= 0.3 is 6.18 Å². The maximum atomic E-state index is 14.3. The lowest BCUT2D eigenvalue weighted by molar-refractivity contribution is -0.138. The van der Waals surface area contributed by atoms with Gasteiger partial charge in [0.2, 0.25) is 0 Å². The number of fused-ring (bicyclic) bond motifs is 1. The number of hydrogen-bond donors (Lipinski definition) is 0. The lowest BCUT2D eigenvalue weighted by atomic mass is 9.80. The summed E-state index contributed by atoms with van der Waals surface area (Å²) in [6.45, 7) is 0. The van der Waals surface area contributed by atoms with E-state index in [-0.39, 0.29) is 34.7 Å². The van der Waals surface area contributed by atoms with Crippen LogP contribution >= 0.6 is 0 Å². The molecule has 4 rings (SSSR count). The highest BCUT2D eigenvalue weighted by molar-refractivity contribution is 6.27. The first kappa shape index (κ1) is 19.9. The smallest absolute Gasteiger partial charge is 0.289 e. The molecule has 1 heterocycles. The Morgan fingerprint density at radius 1 is 1.10 bits per heavy atom. The molecule has 152 valence electrons. The van der Waals surface area contributed by atoms with Crippen LogP contribution in [-0.4, -0.2) is 16.6 Å². The summed E-state index contributed by atoms with van der Waals surface area (Å²) < 4.78 is 66.9. The second kappa shape index (κ2) is 6.83. The monoisotopic (exact) mass is 418 g/mol. The molecule has 0 unspecified atom stereocenters. The van der Waals surface area contributed by atoms with Crippen molar-refractivity contribution in [1.82, 2.24) is 4.98 Å². The molecule has 0 aliphatic heterocycles. The Hall–Kier alpha value is -3.41. The van der Waals surface area contributed by atoms with Crippen molar-refractivity contribution in [1.29, 1.82) is 5.26 Å². The van der Waals surface area contributed by atoms with E-state index in [0.717, 1.165) is 12.1 Å². The number of rotatable bonds is 3. The molecule has 0 atom stereocenters. The van der Waals surface area contributed by atoms with Crippen molar-refractivity contribution in [2.45, 2.75) is 25.4 Å². The van der Waals surface area contributed by atoms with Gasteiger partial charge in [0.1, 0.15) is 17.7 Å². The molecule has 0 bridgehead atoms. The van der Waals surface area contributed by atoms with Gasteiger partial charge in [-0.2, -0.15) is 18.4 Å². The van der Waals surface area contributed by atoms with Gasteiger partial charge in [-0.05, 0) is 37.0 Å². The molecule has 0 amide bonds. The quantitative estimate of drug-likeness (QED) is 0.685. The molecule has 2 aliphatic carbocycles. The minimum atomic E-state index is -4.78. The van der Waals surface area contributed by atoms with E-state index in [2.05, 4.69) is 4.98 Å². The first-order valence-electron chi connectivity index (χ1n) is 8.90. The summed E-state index contributed by atoms with van der Waals surface area (Å²) in [5.74, 6) is -3.94. The van der Waals surface area contributed by atoms with Gasteiger partial charge < -0.3 is 0 Å². The number of ketones is 2. The number of Topliss-reactive ketones (excluding diaryl/α,β-unsaturated/α-hetero) is 2. The molecule has 0 N–H and O–H groups in total. The van der Waals surface area contributed by atoms with E-state index in [4.69, 9.17) is 5.26 Å². The van der Waals surface area contributed by atoms with Crippen LogP contribution in [0.3, 0.4) is 0 Å². The summed E-state index contributed by atoms with van der Waals surface area (Å²) in [7, 11) is 0. The number of nitrogens with zero attached hydrogens (tertiary/aromatic N) is 2. The second-order valence-electron chi connectivity index (χ2n) is 7.12. The molecule has 30 heavy (non-hydrogen) atoms. The van der Waals surface area contributed by atoms with E-state index in [1.807, 2.05) is 0 Å². The predicted octanol–water partition coefficient (Wildman–Crippen LogP) is 4.58. The zero-order chi connectivity index (χ0) is 21.8. The molecular formula is C21H11F5N2O2. The molecule has 0 spiro atoms. The Balaban J connectivity index is 1.82. The van der Waals surface area contributed by atoms with E-state index in [1.165, 1.54) is 6.07 Å². The number of pyridine rings is 1. The summed E-state index contributed by atoms with van der Waals surface area (Å²) in [5.41, 5.74) is -3.02. The number of alkyl halides is 3. The maximum Gasteiger partial charge on any atom is 0.419 e. The highest BCUT2D eigenvalue weighted by Gasteiger charge is 2.42. The minimum absolute atomic E-state index is 0.0418. The van der Waals surface area contributed by atoms with Gasteiger partial charge in [0.25, 0.3) is 0 Å². The molecule has 1 aromatic heterocycles. The zero-order valence-electron chi connectivity index (χ0n) is 15.1. The lowest BCUT2D eigenvalue weighted by Crippen LogP contribution is -2.26. The summed E-state index contributed by atoms with van der Waals surface area (Å²) in [5, 5.41) is 9.02. The fourth-order valence-electron chi connectivity index (χ4n) is 3.61. The van der Waals surface area contributed by atoms with Gasteiger partial charge in [-0.3, -0.25) is 9.59 Å². The van der Waals surface area contributed by atoms with E-state index in [9.17, 15) is 31.5 Å². The molecule has 1 aromatic carbocycles. The molecule has 4 nitrogen and oxygen atoms in total. The Morgan fingerprint density at radius 3 is 2.40 bits per heavy atom. The fourth-order valence-corrected chi connectivity index (χ4v) is 3.61. The highest BCUT2D eigenvalue weighted by atomic mass is 19.4. The van der Waals surface area contributed by atoms with E-state index in [0.29, 0.717) is 25.0 Å². The summed E-state index contributed by atoms with van der Waals surface area (Å²) >= 11 is 0. The van der Waals surface area contributed by atoms with Crippen molar-refractivity contribution in [3.63, 3.8) is 0 Å². The van der Waals surface area contributed by atoms with Crippen molar-refractivity contribution in [2.75, 3.05) is 0 Å². The third kappa shape index (κ3) is 3.28.